The molecule has 3 rings (SSSR count). The Kier molecular flexibility index (Phi) is 4.84. The summed E-state index contributed by atoms with van der Waals surface area (Å²) in [6.45, 7) is 4.37. The van der Waals surface area contributed by atoms with Gasteiger partial charge >= 0.3 is 0 Å². The van der Waals surface area contributed by atoms with Crippen molar-refractivity contribution in [3.8, 4) is 11.5 Å². The van der Waals surface area contributed by atoms with E-state index in [-0.39, 0.29) is 5.91 Å². The Labute approximate surface area is 146 Å². The zero-order valence-corrected chi connectivity index (χ0v) is 14.5. The second-order valence-corrected chi connectivity index (χ2v) is 5.59. The summed E-state index contributed by atoms with van der Waals surface area (Å²) in [6, 6.07) is 14.7. The lowest BCUT2D eigenvalue weighted by atomic mass is 10.1. The zero-order valence-electron chi connectivity index (χ0n) is 14.5. The van der Waals surface area contributed by atoms with Crippen LogP contribution in [0.25, 0.3) is 10.9 Å². The molecular formula is C20H20N2O3. The molecule has 5 heteroatoms. The highest BCUT2D eigenvalue weighted by molar-refractivity contribution is 6.06. The quantitative estimate of drug-likeness (QED) is 0.758. The van der Waals surface area contributed by atoms with E-state index in [1.165, 1.54) is 0 Å². The van der Waals surface area contributed by atoms with Gasteiger partial charge in [0.1, 0.15) is 11.5 Å². The van der Waals surface area contributed by atoms with E-state index in [2.05, 4.69) is 10.3 Å². The van der Waals surface area contributed by atoms with Gasteiger partial charge in [-0.3, -0.25) is 9.78 Å². The lowest BCUT2D eigenvalue weighted by molar-refractivity contribution is 0.102. The third kappa shape index (κ3) is 3.71. The number of anilines is 1. The predicted molar refractivity (Wildman–Crippen MR) is 98.6 cm³/mol. The predicted octanol–water partition coefficient (Wildman–Crippen LogP) is 4.20. The van der Waals surface area contributed by atoms with Crippen molar-refractivity contribution in [3.05, 3.63) is 59.8 Å². The molecule has 25 heavy (non-hydrogen) atoms. The number of nitrogens with zero attached hydrogens (tertiary/aromatic N) is 1. The number of hydrogen-bond donors (Lipinski definition) is 1. The highest BCUT2D eigenvalue weighted by Gasteiger charge is 2.12. The van der Waals surface area contributed by atoms with Crippen LogP contribution in [-0.2, 0) is 0 Å². The fourth-order valence-electron chi connectivity index (χ4n) is 2.61. The molecule has 0 aliphatic heterocycles. The summed E-state index contributed by atoms with van der Waals surface area (Å²) >= 11 is 0. The van der Waals surface area contributed by atoms with Gasteiger partial charge in [-0.05, 0) is 62.4 Å². The van der Waals surface area contributed by atoms with Gasteiger partial charge in [-0.2, -0.15) is 0 Å². The number of nitrogens with one attached hydrogen (secondary N) is 1. The second kappa shape index (κ2) is 7.21. The van der Waals surface area contributed by atoms with Gasteiger partial charge in [0, 0.05) is 11.1 Å². The first-order chi connectivity index (χ1) is 12.1. The standard InChI is InChI=1S/C20H20N2O3/c1-4-25-16-7-5-15(6-8-16)22-20(23)18-12-14-11-17(24-3)9-10-19(14)21-13(18)2/h5-12H,4H2,1-3H3,(H,22,23). The number of methoxy groups -OCH3 is 1. The Bertz CT molecular complexity index is 905. The van der Waals surface area contributed by atoms with E-state index in [9.17, 15) is 4.79 Å². The van der Waals surface area contributed by atoms with Gasteiger partial charge in [0.05, 0.1) is 30.5 Å². The van der Waals surface area contributed by atoms with E-state index in [1.54, 1.807) is 7.11 Å². The van der Waals surface area contributed by atoms with Crippen LogP contribution in [0.1, 0.15) is 23.0 Å². The summed E-state index contributed by atoms with van der Waals surface area (Å²) in [5, 5.41) is 3.76. The van der Waals surface area contributed by atoms with Crippen LogP contribution in [0.15, 0.2) is 48.5 Å². The van der Waals surface area contributed by atoms with E-state index < -0.39 is 0 Å². The summed E-state index contributed by atoms with van der Waals surface area (Å²) in [5.41, 5.74) is 2.75. The molecule has 0 aliphatic rings. The maximum Gasteiger partial charge on any atom is 0.257 e. The van der Waals surface area contributed by atoms with Gasteiger partial charge in [0.2, 0.25) is 0 Å². The molecule has 0 unspecified atom stereocenters. The molecule has 2 aromatic carbocycles. The number of carbonyl (C=O) groups is 1. The molecule has 5 nitrogen and oxygen atoms in total. The van der Waals surface area contributed by atoms with Gasteiger partial charge in [-0.25, -0.2) is 0 Å². The average molecular weight is 336 g/mol. The number of amides is 1. The van der Waals surface area contributed by atoms with Crippen molar-refractivity contribution in [3.63, 3.8) is 0 Å². The average Bonchev–Trinajstić information content (AvgIpc) is 2.62. The van der Waals surface area contributed by atoms with Gasteiger partial charge in [0.15, 0.2) is 0 Å². The first-order valence-corrected chi connectivity index (χ1v) is 8.10. The Morgan fingerprint density at radius 3 is 2.48 bits per heavy atom. The molecule has 0 aliphatic carbocycles. The minimum atomic E-state index is -0.195. The normalized spacial score (nSPS) is 10.5. The van der Waals surface area contributed by atoms with Gasteiger partial charge in [0.25, 0.3) is 5.91 Å². The molecule has 0 spiro atoms. The summed E-state index contributed by atoms with van der Waals surface area (Å²) in [7, 11) is 1.61. The third-order valence-electron chi connectivity index (χ3n) is 3.88. The van der Waals surface area contributed by atoms with Crippen LogP contribution in [0, 0.1) is 6.92 Å². The molecule has 1 aromatic heterocycles. The lowest BCUT2D eigenvalue weighted by Gasteiger charge is -2.10. The van der Waals surface area contributed by atoms with E-state index in [4.69, 9.17) is 9.47 Å². The van der Waals surface area contributed by atoms with Gasteiger partial charge < -0.3 is 14.8 Å². The summed E-state index contributed by atoms with van der Waals surface area (Å²) in [6.07, 6.45) is 0. The smallest absolute Gasteiger partial charge is 0.257 e. The maximum absolute atomic E-state index is 12.6. The maximum atomic E-state index is 12.6. The minimum Gasteiger partial charge on any atom is -0.497 e. The number of pyridine rings is 1. The van der Waals surface area contributed by atoms with Crippen LogP contribution in [0.3, 0.4) is 0 Å². The van der Waals surface area contributed by atoms with E-state index in [0.717, 1.165) is 22.4 Å². The monoisotopic (exact) mass is 336 g/mol. The Hall–Kier alpha value is -3.08. The van der Waals surface area contributed by atoms with Crippen LogP contribution in [0.2, 0.25) is 0 Å². The Morgan fingerprint density at radius 2 is 1.80 bits per heavy atom. The number of rotatable bonds is 5. The summed E-state index contributed by atoms with van der Waals surface area (Å²) < 4.78 is 10.6. The molecule has 0 saturated carbocycles. The topological polar surface area (TPSA) is 60.5 Å². The fourth-order valence-corrected chi connectivity index (χ4v) is 2.61. The second-order valence-electron chi connectivity index (χ2n) is 5.59. The number of aryl methyl sites for hydroxylation is 1. The van der Waals surface area contributed by atoms with Crippen molar-refractivity contribution < 1.29 is 14.3 Å². The van der Waals surface area contributed by atoms with Crippen LogP contribution < -0.4 is 14.8 Å². The number of ether oxygens (including phenoxy) is 2. The van der Waals surface area contributed by atoms with Gasteiger partial charge in [-0.15, -0.1) is 0 Å². The number of aromatic nitrogens is 1. The SMILES string of the molecule is CCOc1ccc(NC(=O)c2cc3cc(OC)ccc3nc2C)cc1. The van der Waals surface area contributed by atoms with Crippen LogP contribution in [0.4, 0.5) is 5.69 Å². The highest BCUT2D eigenvalue weighted by atomic mass is 16.5. The van der Waals surface area contributed by atoms with Gasteiger partial charge in [-0.1, -0.05) is 0 Å². The fraction of sp³-hybridized carbons (Fsp3) is 0.200. The molecule has 0 fully saturated rings. The molecule has 128 valence electrons. The largest absolute Gasteiger partial charge is 0.497 e. The first-order valence-electron chi connectivity index (χ1n) is 8.10. The molecule has 0 atom stereocenters. The van der Waals surface area contributed by atoms with Crippen molar-refractivity contribution in [2.75, 3.05) is 19.0 Å². The van der Waals surface area contributed by atoms with E-state index in [0.29, 0.717) is 23.6 Å². The van der Waals surface area contributed by atoms with Crippen LogP contribution in [0.5, 0.6) is 11.5 Å². The molecule has 1 amide bonds. The van der Waals surface area contributed by atoms with Crippen LogP contribution >= 0.6 is 0 Å². The first kappa shape index (κ1) is 16.8. The van der Waals surface area contributed by atoms with E-state index in [1.807, 2.05) is 62.4 Å². The number of fused-ring (bicyclic) bond motifs is 1. The van der Waals surface area contributed by atoms with Crippen molar-refractivity contribution >= 4 is 22.5 Å². The molecular weight excluding hydrogens is 316 g/mol. The molecule has 0 radical (unpaired) electrons. The minimum absolute atomic E-state index is 0.195. The van der Waals surface area contributed by atoms with Crippen molar-refractivity contribution in [1.82, 2.24) is 4.98 Å². The zero-order chi connectivity index (χ0) is 17.8. The summed E-state index contributed by atoms with van der Waals surface area (Å²) in [5.74, 6) is 1.31. The van der Waals surface area contributed by atoms with Crippen molar-refractivity contribution in [2.45, 2.75) is 13.8 Å². The Balaban J connectivity index is 1.86. The number of hydrogen-bond acceptors (Lipinski definition) is 4. The molecule has 0 saturated heterocycles. The summed E-state index contributed by atoms with van der Waals surface area (Å²) in [4.78, 5) is 17.1. The van der Waals surface area contributed by atoms with E-state index >= 15 is 0 Å². The Morgan fingerprint density at radius 1 is 1.08 bits per heavy atom. The van der Waals surface area contributed by atoms with Crippen molar-refractivity contribution in [2.24, 2.45) is 0 Å². The highest BCUT2D eigenvalue weighted by Crippen LogP contribution is 2.23. The molecule has 3 aromatic rings. The molecule has 1 N–H and O–H groups in total. The molecule has 0 bridgehead atoms. The molecule has 1 heterocycles. The van der Waals surface area contributed by atoms with Crippen molar-refractivity contribution in [1.29, 1.82) is 0 Å². The third-order valence-corrected chi connectivity index (χ3v) is 3.88. The van der Waals surface area contributed by atoms with Crippen LogP contribution in [-0.4, -0.2) is 24.6 Å². The number of benzene rings is 2. The number of carbonyl (C=O) groups excluding carboxylic acids is 1. The lowest BCUT2D eigenvalue weighted by Crippen LogP contribution is -2.14.